The summed E-state index contributed by atoms with van der Waals surface area (Å²) >= 11 is 8.67. The van der Waals surface area contributed by atoms with E-state index in [1.165, 1.54) is 18.2 Å². The first kappa shape index (κ1) is 9.68. The Morgan fingerprint density at radius 3 is 2.75 bits per heavy atom. The number of hydrogen-bond donors (Lipinski definition) is 0. The molecule has 1 nitrogen and oxygen atoms in total. The van der Waals surface area contributed by atoms with Crippen LogP contribution < -0.4 is 0 Å². The molecule has 0 saturated heterocycles. The fourth-order valence-corrected chi connectivity index (χ4v) is 1.72. The Bertz CT molecular complexity index is 283. The third-order valence-electron chi connectivity index (χ3n) is 1.39. The van der Waals surface area contributed by atoms with E-state index in [-0.39, 0.29) is 10.6 Å². The molecule has 0 aliphatic rings. The molecule has 0 saturated carbocycles. The topological polar surface area (TPSA) is 17.1 Å². The number of alkyl halides is 1. The average Bonchev–Trinajstić information content (AvgIpc) is 2.03. The van der Waals surface area contributed by atoms with Crippen LogP contribution in [-0.2, 0) is 4.79 Å². The number of hydrogen-bond acceptors (Lipinski definition) is 1. The van der Waals surface area contributed by atoms with Crippen LogP contribution in [0.3, 0.4) is 0 Å². The lowest BCUT2D eigenvalue weighted by molar-refractivity contribution is -0.107. The highest BCUT2D eigenvalue weighted by Crippen LogP contribution is 2.29. The van der Waals surface area contributed by atoms with E-state index in [0.29, 0.717) is 6.29 Å². The summed E-state index contributed by atoms with van der Waals surface area (Å²) in [5.41, 5.74) is 0.189. The summed E-state index contributed by atoms with van der Waals surface area (Å²) < 4.78 is 13.0. The number of aldehydes is 1. The largest absolute Gasteiger partial charge is 0.302 e. The van der Waals surface area contributed by atoms with E-state index in [9.17, 15) is 9.18 Å². The number of rotatable bonds is 2. The van der Waals surface area contributed by atoms with Crippen molar-refractivity contribution in [1.29, 1.82) is 0 Å². The Labute approximate surface area is 82.7 Å². The van der Waals surface area contributed by atoms with Crippen LogP contribution in [0, 0.1) is 5.82 Å². The molecular weight excluding hydrogens is 246 g/mol. The van der Waals surface area contributed by atoms with Gasteiger partial charge in [-0.2, -0.15) is 0 Å². The Morgan fingerprint density at radius 1 is 1.58 bits per heavy atom. The molecule has 0 spiro atoms. The van der Waals surface area contributed by atoms with Crippen LogP contribution in [0.5, 0.6) is 0 Å². The summed E-state index contributed by atoms with van der Waals surface area (Å²) in [4.78, 5) is 9.66. The lowest BCUT2D eigenvalue weighted by Crippen LogP contribution is -1.96. The smallest absolute Gasteiger partial charge is 0.138 e. The van der Waals surface area contributed by atoms with Crippen molar-refractivity contribution in [3.63, 3.8) is 0 Å². The SMILES string of the molecule is O=CC(Br)c1c(F)cccc1Cl. The Balaban J connectivity index is 3.20. The standard InChI is InChI=1S/C8H5BrClFO/c9-5(4-12)8-6(10)2-1-3-7(8)11/h1-5H. The molecular formula is C8H5BrClFO. The first-order chi connectivity index (χ1) is 5.66. The predicted octanol–water partition coefficient (Wildman–Crippen LogP) is 3.11. The van der Waals surface area contributed by atoms with Gasteiger partial charge in [-0.3, -0.25) is 0 Å². The van der Waals surface area contributed by atoms with Crippen molar-refractivity contribution >= 4 is 33.8 Å². The van der Waals surface area contributed by atoms with E-state index in [1.807, 2.05) is 0 Å². The molecule has 0 bridgehead atoms. The maximum atomic E-state index is 13.0. The van der Waals surface area contributed by atoms with Crippen LogP contribution in [0.15, 0.2) is 18.2 Å². The predicted molar refractivity (Wildman–Crippen MR) is 49.1 cm³/mol. The van der Waals surface area contributed by atoms with Crippen molar-refractivity contribution in [1.82, 2.24) is 0 Å². The summed E-state index contributed by atoms with van der Waals surface area (Å²) in [5, 5.41) is 0.254. The zero-order chi connectivity index (χ0) is 9.14. The molecule has 0 fully saturated rings. The maximum absolute atomic E-state index is 13.0. The van der Waals surface area contributed by atoms with Gasteiger partial charge in [0, 0.05) is 10.6 Å². The van der Waals surface area contributed by atoms with Crippen molar-refractivity contribution in [3.05, 3.63) is 34.6 Å². The van der Waals surface area contributed by atoms with Gasteiger partial charge < -0.3 is 4.79 Å². The highest BCUT2D eigenvalue weighted by molar-refractivity contribution is 9.09. The quantitative estimate of drug-likeness (QED) is 0.583. The van der Waals surface area contributed by atoms with E-state index in [0.717, 1.165) is 0 Å². The maximum Gasteiger partial charge on any atom is 0.138 e. The molecule has 1 unspecified atom stereocenters. The zero-order valence-electron chi connectivity index (χ0n) is 5.93. The fraction of sp³-hybridized carbons (Fsp3) is 0.125. The Hall–Kier alpha value is -0.410. The van der Waals surface area contributed by atoms with Gasteiger partial charge in [-0.1, -0.05) is 33.6 Å². The van der Waals surface area contributed by atoms with Crippen molar-refractivity contribution < 1.29 is 9.18 Å². The normalized spacial score (nSPS) is 12.6. The van der Waals surface area contributed by atoms with Gasteiger partial charge in [0.2, 0.25) is 0 Å². The molecule has 0 aliphatic carbocycles. The molecule has 0 aromatic heterocycles. The molecule has 12 heavy (non-hydrogen) atoms. The van der Waals surface area contributed by atoms with Crippen LogP contribution >= 0.6 is 27.5 Å². The van der Waals surface area contributed by atoms with Gasteiger partial charge in [-0.05, 0) is 12.1 Å². The molecule has 1 atom stereocenters. The van der Waals surface area contributed by atoms with Crippen LogP contribution in [0.2, 0.25) is 5.02 Å². The molecule has 1 aromatic rings. The number of benzene rings is 1. The highest BCUT2D eigenvalue weighted by atomic mass is 79.9. The van der Waals surface area contributed by atoms with Crippen molar-refractivity contribution in [2.75, 3.05) is 0 Å². The van der Waals surface area contributed by atoms with Crippen LogP contribution in [-0.4, -0.2) is 6.29 Å². The van der Waals surface area contributed by atoms with E-state index in [2.05, 4.69) is 15.9 Å². The molecule has 64 valence electrons. The summed E-state index contributed by atoms with van der Waals surface area (Å²) in [6.07, 6.45) is 0.588. The fourth-order valence-electron chi connectivity index (χ4n) is 0.842. The molecule has 1 aromatic carbocycles. The zero-order valence-corrected chi connectivity index (χ0v) is 8.27. The Kier molecular flexibility index (Phi) is 3.23. The van der Waals surface area contributed by atoms with Gasteiger partial charge in [-0.15, -0.1) is 0 Å². The Morgan fingerprint density at radius 2 is 2.25 bits per heavy atom. The minimum atomic E-state index is -0.675. The van der Waals surface area contributed by atoms with Gasteiger partial charge in [0.25, 0.3) is 0 Å². The first-order valence-electron chi connectivity index (χ1n) is 3.20. The summed E-state index contributed by atoms with van der Waals surface area (Å²) in [6, 6.07) is 4.29. The van der Waals surface area contributed by atoms with Gasteiger partial charge in [0.15, 0.2) is 0 Å². The van der Waals surface area contributed by atoms with Crippen LogP contribution in [0.4, 0.5) is 4.39 Å². The molecule has 0 heterocycles. The summed E-state index contributed by atoms with van der Waals surface area (Å²) in [7, 11) is 0. The molecule has 0 N–H and O–H groups in total. The van der Waals surface area contributed by atoms with E-state index < -0.39 is 10.6 Å². The van der Waals surface area contributed by atoms with Crippen molar-refractivity contribution in [2.45, 2.75) is 4.83 Å². The molecule has 0 aliphatic heterocycles. The third kappa shape index (κ3) is 1.84. The summed E-state index contributed by atoms with van der Waals surface area (Å²) in [6.45, 7) is 0. The molecule has 1 rings (SSSR count). The number of halogens is 3. The van der Waals surface area contributed by atoms with Gasteiger partial charge in [0.1, 0.15) is 12.1 Å². The van der Waals surface area contributed by atoms with Crippen molar-refractivity contribution in [3.8, 4) is 0 Å². The lowest BCUT2D eigenvalue weighted by atomic mass is 10.1. The lowest BCUT2D eigenvalue weighted by Gasteiger charge is -2.05. The van der Waals surface area contributed by atoms with Gasteiger partial charge in [0.05, 0.1) is 4.83 Å². The monoisotopic (exact) mass is 250 g/mol. The minimum Gasteiger partial charge on any atom is -0.302 e. The van der Waals surface area contributed by atoms with E-state index >= 15 is 0 Å². The second-order valence-corrected chi connectivity index (χ2v) is 3.57. The minimum absolute atomic E-state index is 0.189. The molecule has 4 heteroatoms. The van der Waals surface area contributed by atoms with Gasteiger partial charge in [-0.25, -0.2) is 4.39 Å². The van der Waals surface area contributed by atoms with Crippen molar-refractivity contribution in [2.24, 2.45) is 0 Å². The first-order valence-corrected chi connectivity index (χ1v) is 4.49. The highest BCUT2D eigenvalue weighted by Gasteiger charge is 2.14. The summed E-state index contributed by atoms with van der Waals surface area (Å²) in [5.74, 6) is -0.475. The van der Waals surface area contributed by atoms with Gasteiger partial charge >= 0.3 is 0 Å². The number of carbonyl (C=O) groups excluding carboxylic acids is 1. The van der Waals surface area contributed by atoms with E-state index in [1.54, 1.807) is 0 Å². The second kappa shape index (κ2) is 4.01. The molecule has 0 radical (unpaired) electrons. The van der Waals surface area contributed by atoms with E-state index in [4.69, 9.17) is 11.6 Å². The average molecular weight is 251 g/mol. The second-order valence-electron chi connectivity index (χ2n) is 2.17. The van der Waals surface area contributed by atoms with Crippen LogP contribution in [0.25, 0.3) is 0 Å². The number of carbonyl (C=O) groups is 1. The third-order valence-corrected chi connectivity index (χ3v) is 2.40. The van der Waals surface area contributed by atoms with Crippen LogP contribution in [0.1, 0.15) is 10.4 Å². The molecule has 0 amide bonds.